The average Bonchev–Trinajstić information content (AvgIpc) is 2.94. The summed E-state index contributed by atoms with van der Waals surface area (Å²) in [5.74, 6) is -1.35. The fourth-order valence-electron chi connectivity index (χ4n) is 1.49. The van der Waals surface area contributed by atoms with E-state index in [9.17, 15) is 13.6 Å². The number of thioether (sulfide) groups is 1. The molecule has 0 spiro atoms. The number of nitrogens with one attached hydrogen (secondary N) is 2. The van der Waals surface area contributed by atoms with Crippen molar-refractivity contribution in [2.45, 2.75) is 17.9 Å². The van der Waals surface area contributed by atoms with Crippen LogP contribution in [0.3, 0.4) is 0 Å². The van der Waals surface area contributed by atoms with E-state index in [1.807, 2.05) is 0 Å². The van der Waals surface area contributed by atoms with E-state index in [-0.39, 0.29) is 5.91 Å². The third kappa shape index (κ3) is 4.34. The van der Waals surface area contributed by atoms with Gasteiger partial charge in [0.05, 0.1) is 12.2 Å². The number of rotatable bonds is 6. The molecule has 7 heteroatoms. The lowest BCUT2D eigenvalue weighted by Gasteiger charge is -2.04. The van der Waals surface area contributed by atoms with Crippen LogP contribution in [0.2, 0.25) is 0 Å². The molecule has 0 atom stereocenters. The summed E-state index contributed by atoms with van der Waals surface area (Å²) in [5.41, 5.74) is 0.826. The first-order valence-electron chi connectivity index (χ1n) is 5.98. The molecule has 0 saturated heterocycles. The Morgan fingerprint density at radius 3 is 2.85 bits per heavy atom. The summed E-state index contributed by atoms with van der Waals surface area (Å²) in [6.07, 6.45) is 1.91. The van der Waals surface area contributed by atoms with Crippen molar-refractivity contribution in [1.29, 1.82) is 0 Å². The predicted molar refractivity (Wildman–Crippen MR) is 72.1 cm³/mol. The Kier molecular flexibility index (Phi) is 5.11. The van der Waals surface area contributed by atoms with Crippen molar-refractivity contribution >= 4 is 17.7 Å². The molecule has 2 aromatic rings. The van der Waals surface area contributed by atoms with Crippen molar-refractivity contribution in [2.75, 3.05) is 5.75 Å². The van der Waals surface area contributed by atoms with Crippen molar-refractivity contribution < 1.29 is 13.6 Å². The highest BCUT2D eigenvalue weighted by Gasteiger charge is 2.05. The van der Waals surface area contributed by atoms with Crippen LogP contribution in [0.25, 0.3) is 0 Å². The van der Waals surface area contributed by atoms with Crippen LogP contribution in [0.5, 0.6) is 0 Å². The van der Waals surface area contributed by atoms with Crippen molar-refractivity contribution in [1.82, 2.24) is 15.5 Å². The van der Waals surface area contributed by atoms with E-state index in [1.165, 1.54) is 17.8 Å². The quantitative estimate of drug-likeness (QED) is 0.805. The van der Waals surface area contributed by atoms with Gasteiger partial charge in [-0.15, -0.1) is 11.8 Å². The molecule has 0 fully saturated rings. The van der Waals surface area contributed by atoms with Crippen LogP contribution in [-0.4, -0.2) is 21.9 Å². The first-order chi connectivity index (χ1) is 9.65. The van der Waals surface area contributed by atoms with Gasteiger partial charge in [0.15, 0.2) is 11.6 Å². The summed E-state index contributed by atoms with van der Waals surface area (Å²) >= 11 is 1.31. The first-order valence-corrected chi connectivity index (χ1v) is 6.96. The number of amides is 1. The second kappa shape index (κ2) is 7.04. The highest BCUT2D eigenvalue weighted by atomic mass is 32.2. The van der Waals surface area contributed by atoms with Crippen LogP contribution < -0.4 is 5.32 Å². The van der Waals surface area contributed by atoms with Gasteiger partial charge in [0.1, 0.15) is 0 Å². The maximum atomic E-state index is 13.0. The molecule has 0 unspecified atom stereocenters. The molecule has 0 aliphatic carbocycles. The third-order valence-electron chi connectivity index (χ3n) is 2.52. The number of carbonyl (C=O) groups excluding carboxylic acids is 1. The molecule has 1 aromatic carbocycles. The summed E-state index contributed by atoms with van der Waals surface area (Å²) in [5, 5.41) is 9.24. The molecule has 1 aromatic heterocycles. The molecule has 0 aliphatic rings. The molecule has 2 rings (SSSR count). The van der Waals surface area contributed by atoms with Crippen molar-refractivity contribution in [3.8, 4) is 0 Å². The molecule has 0 bridgehead atoms. The second-order valence-electron chi connectivity index (χ2n) is 4.03. The first kappa shape index (κ1) is 14.5. The lowest BCUT2D eigenvalue weighted by molar-refractivity contribution is -0.120. The Labute approximate surface area is 119 Å². The molecule has 1 amide bonds. The highest BCUT2D eigenvalue weighted by Crippen LogP contribution is 2.20. The normalized spacial score (nSPS) is 10.5. The zero-order chi connectivity index (χ0) is 14.4. The lowest BCUT2D eigenvalue weighted by Crippen LogP contribution is -2.23. The molecule has 4 nitrogen and oxygen atoms in total. The van der Waals surface area contributed by atoms with E-state index in [2.05, 4.69) is 15.5 Å². The van der Waals surface area contributed by atoms with Gasteiger partial charge in [0.25, 0.3) is 0 Å². The van der Waals surface area contributed by atoms with Crippen molar-refractivity contribution in [2.24, 2.45) is 0 Å². The third-order valence-corrected chi connectivity index (χ3v) is 3.52. The minimum absolute atomic E-state index is 0.102. The van der Waals surface area contributed by atoms with Gasteiger partial charge < -0.3 is 5.32 Å². The Morgan fingerprint density at radius 1 is 1.30 bits per heavy atom. The molecule has 20 heavy (non-hydrogen) atoms. The fraction of sp³-hybridized carbons (Fsp3) is 0.231. The van der Waals surface area contributed by atoms with Gasteiger partial charge in [0.2, 0.25) is 5.91 Å². The van der Waals surface area contributed by atoms with Crippen LogP contribution in [0.15, 0.2) is 35.4 Å². The van der Waals surface area contributed by atoms with Crippen LogP contribution in [0, 0.1) is 11.6 Å². The minimum atomic E-state index is -0.876. The summed E-state index contributed by atoms with van der Waals surface area (Å²) < 4.78 is 25.7. The van der Waals surface area contributed by atoms with Crippen molar-refractivity contribution in [3.63, 3.8) is 0 Å². The number of benzene rings is 1. The van der Waals surface area contributed by atoms with Gasteiger partial charge in [-0.2, -0.15) is 5.10 Å². The van der Waals surface area contributed by atoms with Gasteiger partial charge in [-0.05, 0) is 24.3 Å². The number of hydrogen-bond acceptors (Lipinski definition) is 3. The van der Waals surface area contributed by atoms with Gasteiger partial charge in [-0.25, -0.2) is 8.78 Å². The van der Waals surface area contributed by atoms with E-state index >= 15 is 0 Å². The van der Waals surface area contributed by atoms with E-state index < -0.39 is 11.6 Å². The molecule has 2 N–H and O–H groups in total. The van der Waals surface area contributed by atoms with Gasteiger partial charge in [0, 0.05) is 23.3 Å². The largest absolute Gasteiger partial charge is 0.350 e. The zero-order valence-corrected chi connectivity index (χ0v) is 11.3. The molecular weight excluding hydrogens is 284 g/mol. The van der Waals surface area contributed by atoms with E-state index in [0.717, 1.165) is 17.8 Å². The topological polar surface area (TPSA) is 57.8 Å². The van der Waals surface area contributed by atoms with E-state index in [1.54, 1.807) is 12.3 Å². The van der Waals surface area contributed by atoms with E-state index in [4.69, 9.17) is 0 Å². The Bertz CT molecular complexity index is 575. The minimum Gasteiger partial charge on any atom is -0.350 e. The Hall–Kier alpha value is -1.89. The maximum absolute atomic E-state index is 13.0. The van der Waals surface area contributed by atoms with Crippen LogP contribution in [-0.2, 0) is 11.3 Å². The maximum Gasteiger partial charge on any atom is 0.221 e. The standard InChI is InChI=1S/C13H13F2N3OS/c14-11-2-1-10(7-12(11)15)20-6-4-13(19)16-8-9-3-5-17-18-9/h1-3,5,7H,4,6,8H2,(H,16,19)(H,17,18). The van der Waals surface area contributed by atoms with Crippen LogP contribution in [0.4, 0.5) is 8.78 Å². The molecule has 0 aliphatic heterocycles. The average molecular weight is 297 g/mol. The predicted octanol–water partition coefficient (Wildman–Crippen LogP) is 2.49. The number of carbonyl (C=O) groups is 1. The zero-order valence-electron chi connectivity index (χ0n) is 10.5. The number of aromatic amines is 1. The molecule has 0 saturated carbocycles. The summed E-state index contributed by atoms with van der Waals surface area (Å²) in [6.45, 7) is 0.397. The Balaban J connectivity index is 1.69. The number of nitrogens with zero attached hydrogens (tertiary/aromatic N) is 1. The number of aromatic nitrogens is 2. The highest BCUT2D eigenvalue weighted by molar-refractivity contribution is 7.99. The van der Waals surface area contributed by atoms with Crippen LogP contribution in [0.1, 0.15) is 12.1 Å². The summed E-state index contributed by atoms with van der Waals surface area (Å²) in [7, 11) is 0. The van der Waals surface area contributed by atoms with Gasteiger partial charge >= 0.3 is 0 Å². The smallest absolute Gasteiger partial charge is 0.221 e. The fourth-order valence-corrected chi connectivity index (χ4v) is 2.37. The molecular formula is C13H13F2N3OS. The second-order valence-corrected chi connectivity index (χ2v) is 5.20. The SMILES string of the molecule is O=C(CCSc1ccc(F)c(F)c1)NCc1ccn[nH]1. The molecule has 1 heterocycles. The molecule has 106 valence electrons. The van der Waals surface area contributed by atoms with Crippen LogP contribution >= 0.6 is 11.8 Å². The number of H-pyrrole nitrogens is 1. The van der Waals surface area contributed by atoms with Gasteiger partial charge in [-0.3, -0.25) is 9.89 Å². The Morgan fingerprint density at radius 2 is 2.15 bits per heavy atom. The van der Waals surface area contributed by atoms with E-state index in [0.29, 0.717) is 23.6 Å². The number of halogens is 2. The summed E-state index contributed by atoms with van der Waals surface area (Å²) in [4.78, 5) is 12.2. The molecule has 0 radical (unpaired) electrons. The monoisotopic (exact) mass is 297 g/mol. The van der Waals surface area contributed by atoms with Crippen molar-refractivity contribution in [3.05, 3.63) is 47.8 Å². The number of hydrogen-bond donors (Lipinski definition) is 2. The van der Waals surface area contributed by atoms with Gasteiger partial charge in [-0.1, -0.05) is 0 Å². The summed E-state index contributed by atoms with van der Waals surface area (Å²) in [6, 6.07) is 5.47. The lowest BCUT2D eigenvalue weighted by atomic mass is 10.3.